The van der Waals surface area contributed by atoms with E-state index >= 15 is 0 Å². The second-order valence-electron chi connectivity index (χ2n) is 4.17. The molecule has 2 rings (SSSR count). The number of fused-ring (bicyclic) bond motifs is 1. The molecular weight excluding hydrogens is 248 g/mol. The molecule has 0 aliphatic heterocycles. The Morgan fingerprint density at radius 2 is 2.26 bits per heavy atom. The van der Waals surface area contributed by atoms with E-state index in [1.54, 1.807) is 22.7 Å². The van der Waals surface area contributed by atoms with Crippen molar-refractivity contribution in [3.05, 3.63) is 30.2 Å². The fourth-order valence-electron chi connectivity index (χ4n) is 1.75. The molecule has 19 heavy (non-hydrogen) atoms. The third-order valence-corrected chi connectivity index (χ3v) is 2.73. The number of amides is 1. The van der Waals surface area contributed by atoms with Crippen LogP contribution >= 0.6 is 0 Å². The Balaban J connectivity index is 2.16. The standard InChI is InChI=1S/C12H14N4O3/c1-2-3-9(12(18)19)14-11(17)8-4-5-10-15-13-7-16(10)6-8/h4-7,9H,2-3H2,1H3,(H,14,17)(H,18,19). The molecule has 2 N–H and O–H groups in total. The van der Waals surface area contributed by atoms with Gasteiger partial charge in [0.15, 0.2) is 5.65 Å². The van der Waals surface area contributed by atoms with E-state index < -0.39 is 17.9 Å². The largest absolute Gasteiger partial charge is 0.480 e. The Labute approximate surface area is 109 Å². The van der Waals surface area contributed by atoms with Gasteiger partial charge in [0.2, 0.25) is 0 Å². The maximum atomic E-state index is 12.0. The van der Waals surface area contributed by atoms with Gasteiger partial charge < -0.3 is 10.4 Å². The second-order valence-corrected chi connectivity index (χ2v) is 4.17. The number of carbonyl (C=O) groups excluding carboxylic acids is 1. The average molecular weight is 262 g/mol. The minimum absolute atomic E-state index is 0.370. The number of pyridine rings is 1. The van der Waals surface area contributed by atoms with Crippen LogP contribution in [0, 0.1) is 0 Å². The lowest BCUT2D eigenvalue weighted by Crippen LogP contribution is -2.40. The summed E-state index contributed by atoms with van der Waals surface area (Å²) in [5, 5.41) is 19.0. The minimum Gasteiger partial charge on any atom is -0.480 e. The molecule has 0 radical (unpaired) electrons. The summed E-state index contributed by atoms with van der Waals surface area (Å²) >= 11 is 0. The van der Waals surface area contributed by atoms with E-state index in [9.17, 15) is 9.59 Å². The van der Waals surface area contributed by atoms with Crippen molar-refractivity contribution < 1.29 is 14.7 Å². The molecule has 1 unspecified atom stereocenters. The first-order valence-corrected chi connectivity index (χ1v) is 5.95. The molecule has 2 aromatic rings. The van der Waals surface area contributed by atoms with Crippen LogP contribution in [0.5, 0.6) is 0 Å². The molecule has 0 saturated carbocycles. The minimum atomic E-state index is -1.03. The first kappa shape index (κ1) is 13.0. The number of hydrogen-bond acceptors (Lipinski definition) is 4. The summed E-state index contributed by atoms with van der Waals surface area (Å²) in [5.41, 5.74) is 0.995. The Kier molecular flexibility index (Phi) is 3.74. The lowest BCUT2D eigenvalue weighted by molar-refractivity contribution is -0.139. The van der Waals surface area contributed by atoms with Crippen LogP contribution in [0.1, 0.15) is 30.1 Å². The van der Waals surface area contributed by atoms with Gasteiger partial charge in [0.1, 0.15) is 12.4 Å². The highest BCUT2D eigenvalue weighted by atomic mass is 16.4. The van der Waals surface area contributed by atoms with Crippen molar-refractivity contribution in [3.8, 4) is 0 Å². The van der Waals surface area contributed by atoms with Crippen molar-refractivity contribution in [2.24, 2.45) is 0 Å². The monoisotopic (exact) mass is 262 g/mol. The predicted molar refractivity (Wildman–Crippen MR) is 66.8 cm³/mol. The van der Waals surface area contributed by atoms with Crippen molar-refractivity contribution in [2.45, 2.75) is 25.8 Å². The van der Waals surface area contributed by atoms with Gasteiger partial charge >= 0.3 is 5.97 Å². The first-order valence-electron chi connectivity index (χ1n) is 5.95. The molecule has 0 aliphatic rings. The van der Waals surface area contributed by atoms with E-state index in [2.05, 4.69) is 15.5 Å². The van der Waals surface area contributed by atoms with E-state index in [1.807, 2.05) is 6.92 Å². The average Bonchev–Trinajstić information content (AvgIpc) is 2.85. The summed E-state index contributed by atoms with van der Waals surface area (Å²) in [7, 11) is 0. The molecule has 0 saturated heterocycles. The maximum Gasteiger partial charge on any atom is 0.326 e. The molecule has 0 spiro atoms. The highest BCUT2D eigenvalue weighted by Crippen LogP contribution is 2.05. The van der Waals surface area contributed by atoms with Gasteiger partial charge in [-0.15, -0.1) is 10.2 Å². The molecule has 2 heterocycles. The Morgan fingerprint density at radius 1 is 1.47 bits per heavy atom. The summed E-state index contributed by atoms with van der Waals surface area (Å²) in [4.78, 5) is 23.0. The number of nitrogens with one attached hydrogen (secondary N) is 1. The molecule has 1 atom stereocenters. The summed E-state index contributed by atoms with van der Waals surface area (Å²) in [6.07, 6.45) is 4.13. The smallest absolute Gasteiger partial charge is 0.326 e. The molecular formula is C12H14N4O3. The summed E-state index contributed by atoms with van der Waals surface area (Å²) < 4.78 is 1.60. The van der Waals surface area contributed by atoms with Crippen LogP contribution in [0.15, 0.2) is 24.7 Å². The van der Waals surface area contributed by atoms with Gasteiger partial charge in [0, 0.05) is 6.20 Å². The zero-order valence-corrected chi connectivity index (χ0v) is 10.4. The third kappa shape index (κ3) is 2.87. The Morgan fingerprint density at radius 3 is 2.95 bits per heavy atom. The molecule has 7 nitrogen and oxygen atoms in total. The van der Waals surface area contributed by atoms with E-state index in [0.717, 1.165) is 0 Å². The summed E-state index contributed by atoms with van der Waals surface area (Å²) in [6, 6.07) is 2.37. The lowest BCUT2D eigenvalue weighted by Gasteiger charge is -2.13. The third-order valence-electron chi connectivity index (χ3n) is 2.73. The van der Waals surface area contributed by atoms with Gasteiger partial charge in [-0.05, 0) is 18.6 Å². The van der Waals surface area contributed by atoms with Gasteiger partial charge in [-0.3, -0.25) is 9.20 Å². The quantitative estimate of drug-likeness (QED) is 0.827. The molecule has 1 amide bonds. The number of carbonyl (C=O) groups is 2. The van der Waals surface area contributed by atoms with Crippen LogP contribution in [0.3, 0.4) is 0 Å². The summed E-state index contributed by atoms with van der Waals surface area (Å²) in [5.74, 6) is -1.45. The molecule has 2 aromatic heterocycles. The Bertz CT molecular complexity index is 608. The van der Waals surface area contributed by atoms with Gasteiger partial charge in [0.25, 0.3) is 5.91 Å². The number of carboxylic acids is 1. The SMILES string of the molecule is CCCC(NC(=O)c1ccc2nncn2c1)C(=O)O. The van der Waals surface area contributed by atoms with Crippen LogP contribution in [0.2, 0.25) is 0 Å². The highest BCUT2D eigenvalue weighted by molar-refractivity contribution is 5.96. The van der Waals surface area contributed by atoms with E-state index in [4.69, 9.17) is 5.11 Å². The van der Waals surface area contributed by atoms with Crippen molar-refractivity contribution >= 4 is 17.5 Å². The Hall–Kier alpha value is -2.44. The molecule has 0 aromatic carbocycles. The molecule has 100 valence electrons. The number of carboxylic acid groups (broad SMARTS) is 1. The second kappa shape index (κ2) is 5.47. The van der Waals surface area contributed by atoms with Crippen LogP contribution in [0.4, 0.5) is 0 Å². The number of aliphatic carboxylic acids is 1. The molecule has 0 bridgehead atoms. The molecule has 0 aliphatic carbocycles. The van der Waals surface area contributed by atoms with Gasteiger partial charge in [-0.25, -0.2) is 4.79 Å². The predicted octanol–water partition coefficient (Wildman–Crippen LogP) is 0.712. The van der Waals surface area contributed by atoms with Crippen LogP contribution < -0.4 is 5.32 Å². The van der Waals surface area contributed by atoms with Gasteiger partial charge in [-0.1, -0.05) is 13.3 Å². The number of nitrogens with zero attached hydrogens (tertiary/aromatic N) is 3. The van der Waals surface area contributed by atoms with Crippen LogP contribution in [0.25, 0.3) is 5.65 Å². The highest BCUT2D eigenvalue weighted by Gasteiger charge is 2.19. The van der Waals surface area contributed by atoms with Crippen molar-refractivity contribution in [1.29, 1.82) is 0 Å². The molecule has 7 heteroatoms. The van der Waals surface area contributed by atoms with Gasteiger partial charge in [-0.2, -0.15) is 0 Å². The zero-order chi connectivity index (χ0) is 13.8. The first-order chi connectivity index (χ1) is 9.11. The van der Waals surface area contributed by atoms with Crippen molar-refractivity contribution in [3.63, 3.8) is 0 Å². The number of hydrogen-bond donors (Lipinski definition) is 2. The maximum absolute atomic E-state index is 12.0. The molecule has 0 fully saturated rings. The topological polar surface area (TPSA) is 96.6 Å². The van der Waals surface area contributed by atoms with Crippen molar-refractivity contribution in [1.82, 2.24) is 19.9 Å². The van der Waals surface area contributed by atoms with Gasteiger partial charge in [0.05, 0.1) is 5.56 Å². The normalized spacial score (nSPS) is 12.3. The van der Waals surface area contributed by atoms with E-state index in [0.29, 0.717) is 24.1 Å². The van der Waals surface area contributed by atoms with E-state index in [1.165, 1.54) is 6.33 Å². The summed E-state index contributed by atoms with van der Waals surface area (Å²) in [6.45, 7) is 1.87. The lowest BCUT2D eigenvalue weighted by atomic mass is 10.1. The number of aromatic nitrogens is 3. The zero-order valence-electron chi connectivity index (χ0n) is 10.4. The van der Waals surface area contributed by atoms with Crippen LogP contribution in [-0.4, -0.2) is 37.6 Å². The van der Waals surface area contributed by atoms with E-state index in [-0.39, 0.29) is 0 Å². The fraction of sp³-hybridized carbons (Fsp3) is 0.333. The van der Waals surface area contributed by atoms with Crippen LogP contribution in [-0.2, 0) is 4.79 Å². The number of rotatable bonds is 5. The fourth-order valence-corrected chi connectivity index (χ4v) is 1.75. The van der Waals surface area contributed by atoms with Crippen molar-refractivity contribution in [2.75, 3.05) is 0 Å².